The molecule has 1 atom stereocenters. The lowest BCUT2D eigenvalue weighted by atomic mass is 10.2. The molecule has 20 heavy (non-hydrogen) atoms. The lowest BCUT2D eigenvalue weighted by molar-refractivity contribution is -0.139. The number of amides is 2. The van der Waals surface area contributed by atoms with E-state index in [9.17, 15) is 9.59 Å². The largest absolute Gasteiger partial charge is 0.480 e. The third kappa shape index (κ3) is 4.76. The summed E-state index contributed by atoms with van der Waals surface area (Å²) in [7, 11) is 1.76. The highest BCUT2D eigenvalue weighted by Crippen LogP contribution is 2.13. The Bertz CT molecular complexity index is 475. The van der Waals surface area contributed by atoms with Crippen LogP contribution in [0.25, 0.3) is 0 Å². The standard InChI is InChI=1S/C12H20N4O3S/c1-4-8-10(7-16(2)15-8)14-12(19)13-9(11(17)18)5-6-20-3/h7,9H,4-6H2,1-3H3,(H,17,18)(H2,13,14,19)/t9-/m1/s1. The first kappa shape index (κ1) is 16.4. The average molecular weight is 300 g/mol. The third-order valence-electron chi connectivity index (χ3n) is 2.70. The van der Waals surface area contributed by atoms with E-state index in [-0.39, 0.29) is 0 Å². The zero-order valence-electron chi connectivity index (χ0n) is 11.8. The number of nitrogens with zero attached hydrogens (tertiary/aromatic N) is 2. The molecule has 2 amide bonds. The molecule has 0 aliphatic carbocycles. The van der Waals surface area contributed by atoms with Gasteiger partial charge in [0.15, 0.2) is 0 Å². The number of carbonyl (C=O) groups excluding carboxylic acids is 1. The molecular formula is C12H20N4O3S. The SMILES string of the molecule is CCc1nn(C)cc1NC(=O)N[C@H](CCSC)C(=O)O. The number of rotatable bonds is 7. The molecule has 1 heterocycles. The normalized spacial score (nSPS) is 11.9. The minimum absolute atomic E-state index is 0.387. The van der Waals surface area contributed by atoms with Gasteiger partial charge in [-0.2, -0.15) is 16.9 Å². The molecule has 0 aliphatic heterocycles. The summed E-state index contributed by atoms with van der Waals surface area (Å²) in [6.45, 7) is 1.93. The highest BCUT2D eigenvalue weighted by molar-refractivity contribution is 7.98. The van der Waals surface area contributed by atoms with Gasteiger partial charge in [0.05, 0.1) is 11.4 Å². The van der Waals surface area contributed by atoms with Crippen LogP contribution in [0.15, 0.2) is 6.20 Å². The quantitative estimate of drug-likeness (QED) is 0.705. The van der Waals surface area contributed by atoms with Crippen molar-refractivity contribution in [2.45, 2.75) is 25.8 Å². The van der Waals surface area contributed by atoms with E-state index in [1.165, 1.54) is 11.8 Å². The van der Waals surface area contributed by atoms with Gasteiger partial charge in [-0.25, -0.2) is 9.59 Å². The Morgan fingerprint density at radius 2 is 2.25 bits per heavy atom. The van der Waals surface area contributed by atoms with Gasteiger partial charge < -0.3 is 15.7 Å². The topological polar surface area (TPSA) is 96.3 Å². The van der Waals surface area contributed by atoms with Crippen molar-refractivity contribution in [1.29, 1.82) is 0 Å². The number of nitrogens with one attached hydrogen (secondary N) is 2. The van der Waals surface area contributed by atoms with Crippen molar-refractivity contribution in [1.82, 2.24) is 15.1 Å². The number of hydrogen-bond acceptors (Lipinski definition) is 4. The van der Waals surface area contributed by atoms with Gasteiger partial charge >= 0.3 is 12.0 Å². The van der Waals surface area contributed by atoms with Crippen LogP contribution in [-0.2, 0) is 18.3 Å². The Hall–Kier alpha value is -1.70. The molecule has 0 aliphatic rings. The fourth-order valence-electron chi connectivity index (χ4n) is 1.71. The second-order valence-electron chi connectivity index (χ2n) is 4.29. The monoisotopic (exact) mass is 300 g/mol. The van der Waals surface area contributed by atoms with Gasteiger partial charge in [0.25, 0.3) is 0 Å². The zero-order valence-corrected chi connectivity index (χ0v) is 12.7. The molecule has 1 aromatic heterocycles. The van der Waals surface area contributed by atoms with Crippen molar-refractivity contribution < 1.29 is 14.7 Å². The van der Waals surface area contributed by atoms with Gasteiger partial charge in [0.2, 0.25) is 0 Å². The molecule has 3 N–H and O–H groups in total. The summed E-state index contributed by atoms with van der Waals surface area (Å²) in [6.07, 6.45) is 4.65. The van der Waals surface area contributed by atoms with E-state index in [4.69, 9.17) is 5.11 Å². The molecule has 8 heteroatoms. The Kier molecular flexibility index (Phi) is 6.37. The number of anilines is 1. The lowest BCUT2D eigenvalue weighted by Gasteiger charge is -2.14. The van der Waals surface area contributed by atoms with Crippen LogP contribution in [-0.4, -0.2) is 44.9 Å². The van der Waals surface area contributed by atoms with Crippen molar-refractivity contribution in [3.63, 3.8) is 0 Å². The second-order valence-corrected chi connectivity index (χ2v) is 5.27. The van der Waals surface area contributed by atoms with Crippen LogP contribution < -0.4 is 10.6 Å². The first-order chi connectivity index (χ1) is 9.47. The molecule has 0 bridgehead atoms. The Morgan fingerprint density at radius 3 is 2.80 bits per heavy atom. The van der Waals surface area contributed by atoms with Crippen molar-refractivity contribution in [2.24, 2.45) is 7.05 Å². The van der Waals surface area contributed by atoms with Crippen molar-refractivity contribution >= 4 is 29.4 Å². The summed E-state index contributed by atoms with van der Waals surface area (Å²) in [5, 5.41) is 18.4. The number of thioether (sulfide) groups is 1. The number of urea groups is 1. The van der Waals surface area contributed by atoms with Crippen LogP contribution in [0, 0.1) is 0 Å². The molecule has 112 valence electrons. The maximum absolute atomic E-state index is 11.8. The minimum atomic E-state index is -1.03. The smallest absolute Gasteiger partial charge is 0.326 e. The zero-order chi connectivity index (χ0) is 15.1. The molecule has 1 aromatic rings. The first-order valence-electron chi connectivity index (χ1n) is 6.29. The molecular weight excluding hydrogens is 280 g/mol. The average Bonchev–Trinajstić information content (AvgIpc) is 2.74. The van der Waals surface area contributed by atoms with Crippen LogP contribution >= 0.6 is 11.8 Å². The van der Waals surface area contributed by atoms with Gasteiger partial charge in [0, 0.05) is 13.2 Å². The van der Waals surface area contributed by atoms with E-state index in [0.29, 0.717) is 24.3 Å². The summed E-state index contributed by atoms with van der Waals surface area (Å²) in [4.78, 5) is 22.9. The fourth-order valence-corrected chi connectivity index (χ4v) is 2.18. The molecule has 1 rings (SSSR count). The fraction of sp³-hybridized carbons (Fsp3) is 0.583. The summed E-state index contributed by atoms with van der Waals surface area (Å²) in [6, 6.07) is -1.41. The predicted molar refractivity (Wildman–Crippen MR) is 79.2 cm³/mol. The molecule has 0 unspecified atom stereocenters. The predicted octanol–water partition coefficient (Wildman–Crippen LogP) is 1.31. The number of carboxylic acids is 1. The van der Waals surface area contributed by atoms with E-state index in [1.54, 1.807) is 17.9 Å². The van der Waals surface area contributed by atoms with Gasteiger partial charge in [-0.1, -0.05) is 6.92 Å². The highest BCUT2D eigenvalue weighted by atomic mass is 32.2. The van der Waals surface area contributed by atoms with E-state index in [2.05, 4.69) is 15.7 Å². The summed E-state index contributed by atoms with van der Waals surface area (Å²) >= 11 is 1.54. The number of aromatic nitrogens is 2. The van der Waals surface area contributed by atoms with Gasteiger partial charge in [-0.15, -0.1) is 0 Å². The summed E-state index contributed by atoms with van der Waals surface area (Å²) in [5.41, 5.74) is 1.36. The van der Waals surface area contributed by atoms with Gasteiger partial charge in [-0.05, 0) is 24.9 Å². The molecule has 0 fully saturated rings. The maximum Gasteiger partial charge on any atom is 0.326 e. The number of carbonyl (C=O) groups is 2. The molecule has 0 spiro atoms. The third-order valence-corrected chi connectivity index (χ3v) is 3.35. The van der Waals surface area contributed by atoms with Crippen molar-refractivity contribution in [2.75, 3.05) is 17.3 Å². The Labute approximate surface area is 122 Å². The highest BCUT2D eigenvalue weighted by Gasteiger charge is 2.20. The van der Waals surface area contributed by atoms with Gasteiger partial charge in [-0.3, -0.25) is 4.68 Å². The molecule has 0 aromatic carbocycles. The second kappa shape index (κ2) is 7.78. The van der Waals surface area contributed by atoms with E-state index in [1.807, 2.05) is 13.2 Å². The maximum atomic E-state index is 11.8. The lowest BCUT2D eigenvalue weighted by Crippen LogP contribution is -2.43. The number of hydrogen-bond donors (Lipinski definition) is 3. The van der Waals surface area contributed by atoms with Crippen molar-refractivity contribution in [3.8, 4) is 0 Å². The summed E-state index contributed by atoms with van der Waals surface area (Å²) in [5.74, 6) is -0.360. The summed E-state index contributed by atoms with van der Waals surface area (Å²) < 4.78 is 1.61. The van der Waals surface area contributed by atoms with E-state index >= 15 is 0 Å². The van der Waals surface area contributed by atoms with Crippen LogP contribution in [0.3, 0.4) is 0 Å². The van der Waals surface area contributed by atoms with Crippen LogP contribution in [0.1, 0.15) is 19.0 Å². The van der Waals surface area contributed by atoms with E-state index < -0.39 is 18.0 Å². The molecule has 0 saturated heterocycles. The molecule has 7 nitrogen and oxygen atoms in total. The van der Waals surface area contributed by atoms with E-state index in [0.717, 1.165) is 5.69 Å². The molecule has 0 radical (unpaired) electrons. The molecule has 0 saturated carbocycles. The van der Waals surface area contributed by atoms with Crippen LogP contribution in [0.5, 0.6) is 0 Å². The Morgan fingerprint density at radius 1 is 1.55 bits per heavy atom. The van der Waals surface area contributed by atoms with Crippen LogP contribution in [0.2, 0.25) is 0 Å². The van der Waals surface area contributed by atoms with Gasteiger partial charge in [0.1, 0.15) is 6.04 Å². The number of carboxylic acid groups (broad SMARTS) is 1. The number of aliphatic carboxylic acids is 1. The first-order valence-corrected chi connectivity index (χ1v) is 7.69. The van der Waals surface area contributed by atoms with Crippen LogP contribution in [0.4, 0.5) is 10.5 Å². The minimum Gasteiger partial charge on any atom is -0.480 e. The van der Waals surface area contributed by atoms with Crippen molar-refractivity contribution in [3.05, 3.63) is 11.9 Å². The number of aryl methyl sites for hydroxylation is 2. The Balaban J connectivity index is 2.63.